The molecule has 0 saturated carbocycles. The summed E-state index contributed by atoms with van der Waals surface area (Å²) in [5.41, 5.74) is -0.186. The molecule has 0 aliphatic heterocycles. The molecule has 1 aromatic carbocycles. The van der Waals surface area contributed by atoms with Crippen molar-refractivity contribution >= 4 is 29.5 Å². The number of hydrogen-bond donors (Lipinski definition) is 2. The van der Waals surface area contributed by atoms with Crippen LogP contribution in [0.5, 0.6) is 0 Å². The molecule has 82 valence electrons. The van der Waals surface area contributed by atoms with Crippen LogP contribution in [0, 0.1) is 0 Å². The lowest BCUT2D eigenvalue weighted by Gasteiger charge is -2.03. The van der Waals surface area contributed by atoms with Crippen LogP contribution in [0.25, 0.3) is 0 Å². The van der Waals surface area contributed by atoms with Gasteiger partial charge in [-0.05, 0) is 36.2 Å². The topological polar surface area (TPSA) is 57.8 Å². The molecular weight excluding hydrogens is 246 g/mol. The summed E-state index contributed by atoms with van der Waals surface area (Å²) >= 11 is 7.11. The molecule has 2 aromatic rings. The second kappa shape index (κ2) is 5.05. The normalized spacial score (nSPS) is 10.1. The van der Waals surface area contributed by atoms with E-state index in [9.17, 15) is 4.79 Å². The Hall–Kier alpha value is -1.46. The predicted octanol–water partition coefficient (Wildman–Crippen LogP) is 2.54. The molecule has 0 unspecified atom stereocenters. The molecule has 16 heavy (non-hydrogen) atoms. The van der Waals surface area contributed by atoms with E-state index in [-0.39, 0.29) is 5.56 Å². The minimum absolute atomic E-state index is 0.186. The summed E-state index contributed by atoms with van der Waals surface area (Å²) in [6.45, 7) is 0. The zero-order chi connectivity index (χ0) is 11.4. The molecule has 0 atom stereocenters. The van der Waals surface area contributed by atoms with Crippen LogP contribution in [0.2, 0.25) is 5.02 Å². The molecule has 0 aliphatic rings. The molecule has 1 heterocycles. The van der Waals surface area contributed by atoms with E-state index >= 15 is 0 Å². The van der Waals surface area contributed by atoms with Gasteiger partial charge >= 0.3 is 0 Å². The lowest BCUT2D eigenvalue weighted by atomic mass is 10.4. The Labute approximate surface area is 101 Å². The van der Waals surface area contributed by atoms with Gasteiger partial charge in [-0.15, -0.1) is 0 Å². The van der Waals surface area contributed by atoms with Crippen LogP contribution in [-0.2, 0) is 0 Å². The maximum Gasteiger partial charge on any atom is 0.252 e. The number of anilines is 1. The second-order valence-electron chi connectivity index (χ2n) is 2.94. The number of benzene rings is 1. The number of hydrogen-bond acceptors (Lipinski definition) is 4. The number of H-pyrrole nitrogens is 1. The van der Waals surface area contributed by atoms with Crippen molar-refractivity contribution in [1.82, 2.24) is 9.97 Å². The maximum atomic E-state index is 11.0. The summed E-state index contributed by atoms with van der Waals surface area (Å²) in [6, 6.07) is 8.71. The van der Waals surface area contributed by atoms with Crippen molar-refractivity contribution in [1.29, 1.82) is 0 Å². The molecule has 0 spiro atoms. The van der Waals surface area contributed by atoms with Gasteiger partial charge in [0.2, 0.25) is 5.95 Å². The van der Waals surface area contributed by atoms with Crippen molar-refractivity contribution in [3.05, 3.63) is 51.9 Å². The van der Waals surface area contributed by atoms with E-state index in [4.69, 9.17) is 11.6 Å². The van der Waals surface area contributed by atoms with Crippen molar-refractivity contribution in [3.8, 4) is 0 Å². The van der Waals surface area contributed by atoms with Crippen LogP contribution in [0.4, 0.5) is 5.95 Å². The highest BCUT2D eigenvalue weighted by Crippen LogP contribution is 2.20. The fourth-order valence-electron chi connectivity index (χ4n) is 1.03. The molecule has 0 bridgehead atoms. The van der Waals surface area contributed by atoms with Crippen molar-refractivity contribution in [2.24, 2.45) is 0 Å². The van der Waals surface area contributed by atoms with Gasteiger partial charge in [0.15, 0.2) is 0 Å². The Morgan fingerprint density at radius 2 is 2.00 bits per heavy atom. The van der Waals surface area contributed by atoms with Gasteiger partial charge < -0.3 is 0 Å². The van der Waals surface area contributed by atoms with Gasteiger partial charge in [-0.3, -0.25) is 14.5 Å². The Bertz CT molecular complexity index is 526. The fourth-order valence-corrected chi connectivity index (χ4v) is 1.75. The zero-order valence-corrected chi connectivity index (χ0v) is 9.68. The molecule has 0 aliphatic carbocycles. The highest BCUT2D eigenvalue weighted by Gasteiger charge is 1.96. The Balaban J connectivity index is 2.02. The fraction of sp³-hybridized carbons (Fsp3) is 0. The molecule has 6 heteroatoms. The van der Waals surface area contributed by atoms with Gasteiger partial charge in [0, 0.05) is 22.2 Å². The molecule has 2 N–H and O–H groups in total. The largest absolute Gasteiger partial charge is 0.296 e. The third kappa shape index (κ3) is 3.01. The van der Waals surface area contributed by atoms with E-state index in [2.05, 4.69) is 14.7 Å². The van der Waals surface area contributed by atoms with Crippen molar-refractivity contribution in [2.45, 2.75) is 4.90 Å². The molecule has 1 aromatic heterocycles. The number of aromatic amines is 1. The standard InChI is InChI=1S/C10H8ClN3OS/c11-7-1-3-8(4-2-7)16-14-10-12-6-5-9(15)13-10/h1-6H,(H2,12,13,14,15). The third-order valence-corrected chi connectivity index (χ3v) is 2.81. The highest BCUT2D eigenvalue weighted by atomic mass is 35.5. The van der Waals surface area contributed by atoms with E-state index in [1.807, 2.05) is 12.1 Å². The van der Waals surface area contributed by atoms with Crippen LogP contribution >= 0.6 is 23.5 Å². The van der Waals surface area contributed by atoms with Gasteiger partial charge in [-0.25, -0.2) is 4.98 Å². The molecule has 0 radical (unpaired) electrons. The first-order valence-electron chi connectivity index (χ1n) is 4.48. The van der Waals surface area contributed by atoms with E-state index in [1.165, 1.54) is 24.2 Å². The monoisotopic (exact) mass is 253 g/mol. The lowest BCUT2D eigenvalue weighted by molar-refractivity contribution is 1.14. The summed E-state index contributed by atoms with van der Waals surface area (Å²) in [6.07, 6.45) is 1.45. The van der Waals surface area contributed by atoms with Crippen LogP contribution < -0.4 is 10.3 Å². The average Bonchev–Trinajstić information content (AvgIpc) is 2.28. The predicted molar refractivity (Wildman–Crippen MR) is 65.8 cm³/mol. The smallest absolute Gasteiger partial charge is 0.252 e. The van der Waals surface area contributed by atoms with Crippen molar-refractivity contribution < 1.29 is 0 Å². The molecule has 4 nitrogen and oxygen atoms in total. The number of rotatable bonds is 3. The first kappa shape index (κ1) is 11.0. The molecule has 0 saturated heterocycles. The van der Waals surface area contributed by atoms with E-state index in [0.29, 0.717) is 11.0 Å². The van der Waals surface area contributed by atoms with Crippen LogP contribution in [0.3, 0.4) is 0 Å². The van der Waals surface area contributed by atoms with Crippen molar-refractivity contribution in [3.63, 3.8) is 0 Å². The molecule has 2 rings (SSSR count). The number of nitrogens with zero attached hydrogens (tertiary/aromatic N) is 1. The van der Waals surface area contributed by atoms with E-state index < -0.39 is 0 Å². The van der Waals surface area contributed by atoms with Crippen LogP contribution in [0.15, 0.2) is 46.2 Å². The average molecular weight is 254 g/mol. The highest BCUT2D eigenvalue weighted by molar-refractivity contribution is 8.00. The van der Waals surface area contributed by atoms with Crippen LogP contribution in [0.1, 0.15) is 0 Å². The Morgan fingerprint density at radius 3 is 2.69 bits per heavy atom. The van der Waals surface area contributed by atoms with Gasteiger partial charge in [0.1, 0.15) is 0 Å². The Morgan fingerprint density at radius 1 is 1.25 bits per heavy atom. The van der Waals surface area contributed by atoms with Gasteiger partial charge in [0.25, 0.3) is 5.56 Å². The minimum atomic E-state index is -0.186. The van der Waals surface area contributed by atoms with Gasteiger partial charge in [-0.2, -0.15) is 0 Å². The van der Waals surface area contributed by atoms with Gasteiger partial charge in [0.05, 0.1) is 0 Å². The summed E-state index contributed by atoms with van der Waals surface area (Å²) in [4.78, 5) is 18.5. The number of halogens is 1. The first-order chi connectivity index (χ1) is 7.74. The molecule has 0 fully saturated rings. The quantitative estimate of drug-likeness (QED) is 0.826. The summed E-state index contributed by atoms with van der Waals surface area (Å²) < 4.78 is 2.93. The van der Waals surface area contributed by atoms with Crippen molar-refractivity contribution in [2.75, 3.05) is 4.72 Å². The van der Waals surface area contributed by atoms with Crippen LogP contribution in [-0.4, -0.2) is 9.97 Å². The van der Waals surface area contributed by atoms with E-state index in [1.54, 1.807) is 12.1 Å². The molecular formula is C10H8ClN3OS. The second-order valence-corrected chi connectivity index (χ2v) is 4.26. The molecule has 0 amide bonds. The maximum absolute atomic E-state index is 11.0. The SMILES string of the molecule is O=c1ccnc(NSc2ccc(Cl)cc2)[nH]1. The number of nitrogens with one attached hydrogen (secondary N) is 2. The summed E-state index contributed by atoms with van der Waals surface area (Å²) in [5.74, 6) is 0.424. The first-order valence-corrected chi connectivity index (χ1v) is 5.67. The lowest BCUT2D eigenvalue weighted by Crippen LogP contribution is -2.07. The summed E-state index contributed by atoms with van der Waals surface area (Å²) in [5, 5.41) is 0.690. The van der Waals surface area contributed by atoms with Gasteiger partial charge in [-0.1, -0.05) is 11.6 Å². The summed E-state index contributed by atoms with van der Waals surface area (Å²) in [7, 11) is 0. The minimum Gasteiger partial charge on any atom is -0.296 e. The third-order valence-electron chi connectivity index (χ3n) is 1.75. The Kier molecular flexibility index (Phi) is 3.48. The number of aromatic nitrogens is 2. The zero-order valence-electron chi connectivity index (χ0n) is 8.11. The van der Waals surface area contributed by atoms with E-state index in [0.717, 1.165) is 4.90 Å².